The van der Waals surface area contributed by atoms with Crippen molar-refractivity contribution in [3.63, 3.8) is 0 Å². The topological polar surface area (TPSA) is 126 Å². The van der Waals surface area contributed by atoms with Gasteiger partial charge in [0.15, 0.2) is 5.37 Å². The molecule has 3 atom stereocenters. The fourth-order valence-corrected chi connectivity index (χ4v) is 4.66. The van der Waals surface area contributed by atoms with Gasteiger partial charge in [0.1, 0.15) is 5.82 Å². The number of carbonyl (C=O) groups is 2. The third kappa shape index (κ3) is 4.75. The molecule has 1 heterocycles. The molecule has 1 aliphatic rings. The lowest BCUT2D eigenvalue weighted by Gasteiger charge is -2.21. The van der Waals surface area contributed by atoms with Gasteiger partial charge in [-0.2, -0.15) is 0 Å². The van der Waals surface area contributed by atoms with Gasteiger partial charge in [-0.15, -0.1) is 0 Å². The molecule has 1 aliphatic heterocycles. The van der Waals surface area contributed by atoms with Crippen LogP contribution in [-0.2, 0) is 19.6 Å². The van der Waals surface area contributed by atoms with Gasteiger partial charge in [-0.3, -0.25) is 14.9 Å². The summed E-state index contributed by atoms with van der Waals surface area (Å²) in [7, 11) is -2.81. The Morgan fingerprint density at radius 1 is 1.07 bits per heavy atom. The van der Waals surface area contributed by atoms with Crippen molar-refractivity contribution in [3.05, 3.63) is 59.9 Å². The summed E-state index contributed by atoms with van der Waals surface area (Å²) in [5.74, 6) is -2.62. The number of halogens is 1. The van der Waals surface area contributed by atoms with Crippen molar-refractivity contribution < 1.29 is 27.1 Å². The zero-order valence-electron chi connectivity index (χ0n) is 16.2. The molecule has 30 heavy (non-hydrogen) atoms. The Kier molecular flexibility index (Phi) is 6.34. The van der Waals surface area contributed by atoms with E-state index in [9.17, 15) is 22.4 Å². The lowest BCUT2D eigenvalue weighted by molar-refractivity contribution is -0.119. The Balaban J connectivity index is 1.78. The van der Waals surface area contributed by atoms with Crippen LogP contribution >= 0.6 is 0 Å². The highest BCUT2D eigenvalue weighted by Crippen LogP contribution is 2.24. The fourth-order valence-electron chi connectivity index (χ4n) is 3.10. The van der Waals surface area contributed by atoms with Crippen LogP contribution in [0.5, 0.6) is 0 Å². The van der Waals surface area contributed by atoms with E-state index >= 15 is 0 Å². The van der Waals surface area contributed by atoms with E-state index in [0.717, 1.165) is 12.1 Å². The highest BCUT2D eigenvalue weighted by atomic mass is 32.2. The van der Waals surface area contributed by atoms with E-state index < -0.39 is 45.1 Å². The van der Waals surface area contributed by atoms with Crippen LogP contribution in [0, 0.1) is 11.7 Å². The minimum Gasteiger partial charge on any atom is -0.465 e. The number of hydrogen-bond acceptors (Lipinski definition) is 7. The molecule has 0 aliphatic carbocycles. The Morgan fingerprint density at radius 2 is 1.77 bits per heavy atom. The average Bonchev–Trinajstić information content (AvgIpc) is 3.12. The third-order valence-electron chi connectivity index (χ3n) is 4.61. The summed E-state index contributed by atoms with van der Waals surface area (Å²) in [6.45, 7) is 1.66. The molecule has 1 saturated heterocycles. The molecule has 0 radical (unpaired) electrons. The van der Waals surface area contributed by atoms with Gasteiger partial charge in [-0.05, 0) is 49.4 Å². The standard InChI is InChI=1S/C19H21FN4O5S/c1-11-16(17(25)21-15-5-3-4-12(10-15)19(26)29-2)18(23-22-11)30(27,28)24-14-8-6-13(20)7-9-14/h3-11,16,18,22-24H,1-2H3,(H,21,25). The number of amides is 1. The zero-order chi connectivity index (χ0) is 21.9. The summed E-state index contributed by atoms with van der Waals surface area (Å²) in [6, 6.07) is 10.4. The van der Waals surface area contributed by atoms with Gasteiger partial charge in [0.2, 0.25) is 5.91 Å². The van der Waals surface area contributed by atoms with Crippen molar-refractivity contribution in [2.24, 2.45) is 5.92 Å². The van der Waals surface area contributed by atoms with E-state index in [1.807, 2.05) is 0 Å². The van der Waals surface area contributed by atoms with Gasteiger partial charge in [0.05, 0.1) is 18.6 Å². The summed E-state index contributed by atoms with van der Waals surface area (Å²) < 4.78 is 45.7. The first-order valence-corrected chi connectivity index (χ1v) is 10.5. The Morgan fingerprint density at radius 3 is 2.43 bits per heavy atom. The molecular formula is C19H21FN4O5S. The third-order valence-corrected chi connectivity index (χ3v) is 6.21. The molecule has 0 saturated carbocycles. The molecule has 2 aromatic carbocycles. The van der Waals surface area contributed by atoms with E-state index in [-0.39, 0.29) is 11.3 Å². The molecule has 0 aromatic heterocycles. The first kappa shape index (κ1) is 21.7. The molecular weight excluding hydrogens is 415 g/mol. The van der Waals surface area contributed by atoms with Crippen LogP contribution in [0.2, 0.25) is 0 Å². The van der Waals surface area contributed by atoms with Gasteiger partial charge in [0, 0.05) is 17.4 Å². The maximum Gasteiger partial charge on any atom is 0.337 e. The molecule has 3 rings (SSSR count). The van der Waals surface area contributed by atoms with Crippen LogP contribution in [0.25, 0.3) is 0 Å². The highest BCUT2D eigenvalue weighted by Gasteiger charge is 2.46. The monoisotopic (exact) mass is 436 g/mol. The normalized spacial score (nSPS) is 21.1. The average molecular weight is 436 g/mol. The second-order valence-electron chi connectivity index (χ2n) is 6.74. The largest absolute Gasteiger partial charge is 0.465 e. The number of carbonyl (C=O) groups excluding carboxylic acids is 2. The number of nitrogens with one attached hydrogen (secondary N) is 4. The van der Waals surface area contributed by atoms with Crippen LogP contribution in [0.15, 0.2) is 48.5 Å². The summed E-state index contributed by atoms with van der Waals surface area (Å²) in [6.07, 6.45) is 0. The minimum atomic E-state index is -4.05. The van der Waals surface area contributed by atoms with Crippen LogP contribution < -0.4 is 20.9 Å². The molecule has 3 unspecified atom stereocenters. The van der Waals surface area contributed by atoms with E-state index in [2.05, 4.69) is 25.6 Å². The summed E-state index contributed by atoms with van der Waals surface area (Å²) in [5, 5.41) is 1.35. The van der Waals surface area contributed by atoms with Crippen molar-refractivity contribution in [1.29, 1.82) is 0 Å². The molecule has 2 aromatic rings. The van der Waals surface area contributed by atoms with E-state index in [4.69, 9.17) is 0 Å². The van der Waals surface area contributed by atoms with Crippen molar-refractivity contribution in [3.8, 4) is 0 Å². The van der Waals surface area contributed by atoms with Crippen molar-refractivity contribution >= 4 is 33.3 Å². The molecule has 4 N–H and O–H groups in total. The molecule has 11 heteroatoms. The maximum absolute atomic E-state index is 13.1. The quantitative estimate of drug-likeness (QED) is 0.505. The summed E-state index contributed by atoms with van der Waals surface area (Å²) in [5.41, 5.74) is 6.12. The summed E-state index contributed by atoms with van der Waals surface area (Å²) in [4.78, 5) is 24.6. The van der Waals surface area contributed by atoms with Crippen LogP contribution in [0.1, 0.15) is 17.3 Å². The Labute approximate surface area is 173 Å². The Bertz CT molecular complexity index is 1050. The second kappa shape index (κ2) is 8.78. The number of rotatable bonds is 6. The number of hydrazine groups is 1. The van der Waals surface area contributed by atoms with Crippen molar-refractivity contribution in [2.45, 2.75) is 18.3 Å². The number of ether oxygens (including phenoxy) is 1. The fraction of sp³-hybridized carbons (Fsp3) is 0.263. The number of sulfonamides is 1. The van der Waals surface area contributed by atoms with Crippen LogP contribution in [-0.4, -0.2) is 38.8 Å². The molecule has 1 amide bonds. The second-order valence-corrected chi connectivity index (χ2v) is 8.54. The molecule has 1 fully saturated rings. The van der Waals surface area contributed by atoms with Crippen molar-refractivity contribution in [2.75, 3.05) is 17.1 Å². The predicted molar refractivity (Wildman–Crippen MR) is 108 cm³/mol. The van der Waals surface area contributed by atoms with E-state index in [1.165, 1.54) is 31.4 Å². The zero-order valence-corrected chi connectivity index (χ0v) is 17.0. The lowest BCUT2D eigenvalue weighted by atomic mass is 10.0. The predicted octanol–water partition coefficient (Wildman–Crippen LogP) is 1.43. The van der Waals surface area contributed by atoms with Gasteiger partial charge in [-0.25, -0.2) is 23.0 Å². The summed E-state index contributed by atoms with van der Waals surface area (Å²) >= 11 is 0. The van der Waals surface area contributed by atoms with Gasteiger partial charge in [0.25, 0.3) is 10.0 Å². The van der Waals surface area contributed by atoms with Gasteiger partial charge >= 0.3 is 5.97 Å². The number of benzene rings is 2. The molecule has 0 spiro atoms. The van der Waals surface area contributed by atoms with E-state index in [0.29, 0.717) is 5.69 Å². The van der Waals surface area contributed by atoms with Gasteiger partial charge in [-0.1, -0.05) is 6.07 Å². The first-order chi connectivity index (χ1) is 14.2. The van der Waals surface area contributed by atoms with Crippen LogP contribution in [0.3, 0.4) is 0 Å². The molecule has 9 nitrogen and oxygen atoms in total. The molecule has 160 valence electrons. The smallest absolute Gasteiger partial charge is 0.337 e. The first-order valence-electron chi connectivity index (χ1n) is 8.99. The number of methoxy groups -OCH3 is 1. The van der Waals surface area contributed by atoms with Gasteiger partial charge < -0.3 is 10.1 Å². The SMILES string of the molecule is COC(=O)c1cccc(NC(=O)C2C(C)NNC2S(=O)(=O)Nc2ccc(F)cc2)c1. The van der Waals surface area contributed by atoms with Crippen molar-refractivity contribution in [1.82, 2.24) is 10.9 Å². The number of esters is 1. The lowest BCUT2D eigenvalue weighted by Crippen LogP contribution is -2.45. The molecule has 0 bridgehead atoms. The van der Waals surface area contributed by atoms with Crippen LogP contribution in [0.4, 0.5) is 15.8 Å². The number of hydrogen-bond donors (Lipinski definition) is 4. The maximum atomic E-state index is 13.1. The minimum absolute atomic E-state index is 0.169. The highest BCUT2D eigenvalue weighted by molar-refractivity contribution is 7.93. The Hall–Kier alpha value is -3.02. The van der Waals surface area contributed by atoms with E-state index in [1.54, 1.807) is 19.1 Å². The number of anilines is 2.